The topological polar surface area (TPSA) is 55.2 Å². The molecule has 1 saturated carbocycles. The van der Waals surface area contributed by atoms with Gasteiger partial charge in [-0.2, -0.15) is 0 Å². The molecule has 0 spiro atoms. The van der Waals surface area contributed by atoms with Crippen molar-refractivity contribution >= 4 is 28.6 Å². The van der Waals surface area contributed by atoms with Gasteiger partial charge in [-0.3, -0.25) is 14.2 Å². The van der Waals surface area contributed by atoms with E-state index in [4.69, 9.17) is 4.98 Å². The summed E-state index contributed by atoms with van der Waals surface area (Å²) in [4.78, 5) is 33.1. The van der Waals surface area contributed by atoms with Crippen LogP contribution in [0.1, 0.15) is 53.9 Å². The van der Waals surface area contributed by atoms with Crippen molar-refractivity contribution in [3.8, 4) is 0 Å². The lowest BCUT2D eigenvalue weighted by Crippen LogP contribution is -2.38. The molecule has 0 radical (unpaired) electrons. The number of likely N-dealkylation sites (tertiary alicyclic amines) is 1. The van der Waals surface area contributed by atoms with Gasteiger partial charge in [0.1, 0.15) is 0 Å². The van der Waals surface area contributed by atoms with Crippen molar-refractivity contribution < 1.29 is 4.79 Å². The normalized spacial score (nSPS) is 25.3. The van der Waals surface area contributed by atoms with Crippen molar-refractivity contribution in [2.24, 2.45) is 16.7 Å². The second kappa shape index (κ2) is 7.70. The second-order valence-corrected chi connectivity index (χ2v) is 11.7. The van der Waals surface area contributed by atoms with E-state index in [0.29, 0.717) is 40.3 Å². The van der Waals surface area contributed by atoms with Crippen molar-refractivity contribution in [3.05, 3.63) is 34.6 Å². The van der Waals surface area contributed by atoms with E-state index < -0.39 is 0 Å². The quantitative estimate of drug-likeness (QED) is 0.518. The van der Waals surface area contributed by atoms with Gasteiger partial charge in [0.15, 0.2) is 5.16 Å². The maximum absolute atomic E-state index is 13.2. The number of rotatable bonds is 5. The van der Waals surface area contributed by atoms with Crippen LogP contribution in [0.15, 0.2) is 34.2 Å². The lowest BCUT2D eigenvalue weighted by molar-refractivity contribution is -0.129. The predicted molar refractivity (Wildman–Crippen MR) is 123 cm³/mol. The van der Waals surface area contributed by atoms with Crippen molar-refractivity contribution in [1.29, 1.82) is 0 Å². The molecule has 1 aromatic carbocycles. The van der Waals surface area contributed by atoms with Gasteiger partial charge in [0.2, 0.25) is 5.91 Å². The maximum atomic E-state index is 13.2. The fraction of sp³-hybridized carbons (Fsp3) is 0.625. The number of benzene rings is 1. The Labute approximate surface area is 183 Å². The van der Waals surface area contributed by atoms with Crippen molar-refractivity contribution in [2.45, 2.75) is 71.6 Å². The highest BCUT2D eigenvalue weighted by Gasteiger charge is 2.50. The van der Waals surface area contributed by atoms with Crippen LogP contribution in [0.5, 0.6) is 0 Å². The summed E-state index contributed by atoms with van der Waals surface area (Å²) in [7, 11) is 0. The van der Waals surface area contributed by atoms with Gasteiger partial charge < -0.3 is 4.90 Å². The van der Waals surface area contributed by atoms with Crippen molar-refractivity contribution in [1.82, 2.24) is 14.5 Å². The van der Waals surface area contributed by atoms with E-state index in [1.807, 2.05) is 24.3 Å². The maximum Gasteiger partial charge on any atom is 0.262 e. The molecule has 30 heavy (non-hydrogen) atoms. The number of para-hydroxylation sites is 1. The number of carbonyl (C=O) groups excluding carboxylic acids is 1. The van der Waals surface area contributed by atoms with Crippen molar-refractivity contribution in [3.63, 3.8) is 0 Å². The SMILES string of the molecule is CC(C)Cn1c(SCC(=O)N2C[C@@]3(C)C[C@H]2CC(C)(C)C3)nc2ccccc2c1=O. The first-order valence-electron chi connectivity index (χ1n) is 11.0. The van der Waals surface area contributed by atoms with E-state index in [0.717, 1.165) is 19.4 Å². The standard InChI is InChI=1S/C24H33N3O2S/c1-16(2)12-26-21(29)18-8-6-7-9-19(18)25-22(26)30-13-20(28)27-15-24(5)11-17(27)10-23(3,4)14-24/h6-9,16-17H,10-15H2,1-5H3/t17-,24+/m1/s1. The summed E-state index contributed by atoms with van der Waals surface area (Å²) >= 11 is 1.41. The molecule has 2 aliphatic rings. The number of hydrogen-bond acceptors (Lipinski definition) is 4. The molecular weight excluding hydrogens is 394 g/mol. The first kappa shape index (κ1) is 21.4. The molecule has 6 heteroatoms. The molecule has 1 aromatic heterocycles. The first-order chi connectivity index (χ1) is 14.1. The van der Waals surface area contributed by atoms with Crippen LogP contribution in [0.2, 0.25) is 0 Å². The average molecular weight is 428 g/mol. The van der Waals surface area contributed by atoms with E-state index in [1.54, 1.807) is 4.57 Å². The Hall–Kier alpha value is -1.82. The number of aromatic nitrogens is 2. The van der Waals surface area contributed by atoms with Crippen LogP contribution < -0.4 is 5.56 Å². The molecule has 1 aliphatic heterocycles. The minimum Gasteiger partial charge on any atom is -0.338 e. The third-order valence-corrected chi connectivity index (χ3v) is 7.40. The Bertz CT molecular complexity index is 1030. The molecule has 0 unspecified atom stereocenters. The number of hydrogen-bond donors (Lipinski definition) is 0. The van der Waals surface area contributed by atoms with Gasteiger partial charge in [-0.25, -0.2) is 4.98 Å². The lowest BCUT2D eigenvalue weighted by Gasteiger charge is -2.39. The van der Waals surface area contributed by atoms with Gasteiger partial charge >= 0.3 is 0 Å². The molecule has 2 bridgehead atoms. The van der Waals surface area contributed by atoms with Crippen molar-refractivity contribution in [2.75, 3.05) is 12.3 Å². The minimum absolute atomic E-state index is 0.0180. The minimum atomic E-state index is -0.0180. The van der Waals surface area contributed by atoms with E-state index in [9.17, 15) is 9.59 Å². The van der Waals surface area contributed by atoms with Crippen LogP contribution in [0.3, 0.4) is 0 Å². The predicted octanol–water partition coefficient (Wildman–Crippen LogP) is 4.57. The van der Waals surface area contributed by atoms with E-state index in [-0.39, 0.29) is 22.3 Å². The van der Waals surface area contributed by atoms with Gasteiger partial charge in [0, 0.05) is 19.1 Å². The van der Waals surface area contributed by atoms with Gasteiger partial charge in [-0.05, 0) is 48.1 Å². The summed E-state index contributed by atoms with van der Waals surface area (Å²) in [5.74, 6) is 0.821. The Balaban J connectivity index is 1.56. The number of thioether (sulfide) groups is 1. The third kappa shape index (κ3) is 4.16. The number of nitrogens with zero attached hydrogens (tertiary/aromatic N) is 3. The van der Waals surface area contributed by atoms with Crippen LogP contribution in [-0.2, 0) is 11.3 Å². The summed E-state index contributed by atoms with van der Waals surface area (Å²) in [6, 6.07) is 7.81. The zero-order valence-electron chi connectivity index (χ0n) is 18.8. The molecular formula is C24H33N3O2S. The molecule has 5 nitrogen and oxygen atoms in total. The molecule has 162 valence electrons. The van der Waals surface area contributed by atoms with E-state index >= 15 is 0 Å². The summed E-state index contributed by atoms with van der Waals surface area (Å²) in [6.07, 6.45) is 3.36. The molecule has 0 N–H and O–H groups in total. The molecule has 1 saturated heterocycles. The Morgan fingerprint density at radius 2 is 1.97 bits per heavy atom. The Morgan fingerprint density at radius 3 is 2.70 bits per heavy atom. The summed E-state index contributed by atoms with van der Waals surface area (Å²) in [5.41, 5.74) is 1.20. The van der Waals surface area contributed by atoms with Crippen LogP contribution in [0.4, 0.5) is 0 Å². The van der Waals surface area contributed by atoms with Crippen LogP contribution in [-0.4, -0.2) is 38.7 Å². The second-order valence-electron chi connectivity index (χ2n) is 10.7. The number of amides is 1. The highest BCUT2D eigenvalue weighted by Crippen LogP contribution is 2.52. The number of carbonyl (C=O) groups is 1. The van der Waals surface area contributed by atoms with Gasteiger partial charge in [0.25, 0.3) is 5.56 Å². The zero-order valence-corrected chi connectivity index (χ0v) is 19.6. The molecule has 1 amide bonds. The monoisotopic (exact) mass is 427 g/mol. The van der Waals surface area contributed by atoms with E-state index in [1.165, 1.54) is 18.2 Å². The summed E-state index contributed by atoms with van der Waals surface area (Å²) in [5, 5.41) is 1.28. The Kier molecular flexibility index (Phi) is 5.50. The molecule has 2 fully saturated rings. The van der Waals surface area contributed by atoms with E-state index in [2.05, 4.69) is 39.5 Å². The molecule has 4 rings (SSSR count). The molecule has 2 aromatic rings. The first-order valence-corrected chi connectivity index (χ1v) is 12.0. The van der Waals surface area contributed by atoms with Gasteiger partial charge in [-0.1, -0.05) is 58.5 Å². The highest BCUT2D eigenvalue weighted by atomic mass is 32.2. The van der Waals surface area contributed by atoms with Gasteiger partial charge in [-0.15, -0.1) is 0 Å². The average Bonchev–Trinajstić information content (AvgIpc) is 2.91. The van der Waals surface area contributed by atoms with Crippen LogP contribution >= 0.6 is 11.8 Å². The largest absolute Gasteiger partial charge is 0.338 e. The molecule has 1 aliphatic carbocycles. The smallest absolute Gasteiger partial charge is 0.262 e. The molecule has 2 atom stereocenters. The fourth-order valence-corrected chi connectivity index (χ4v) is 6.64. The summed E-state index contributed by atoms with van der Waals surface area (Å²) < 4.78 is 1.75. The fourth-order valence-electron chi connectivity index (χ4n) is 5.74. The Morgan fingerprint density at radius 1 is 1.23 bits per heavy atom. The zero-order chi connectivity index (χ0) is 21.7. The van der Waals surface area contributed by atoms with Gasteiger partial charge in [0.05, 0.1) is 16.7 Å². The highest BCUT2D eigenvalue weighted by molar-refractivity contribution is 7.99. The number of fused-ring (bicyclic) bond motifs is 3. The molecule has 2 heterocycles. The van der Waals surface area contributed by atoms with Crippen LogP contribution in [0, 0.1) is 16.7 Å². The van der Waals surface area contributed by atoms with Crippen LogP contribution in [0.25, 0.3) is 10.9 Å². The lowest BCUT2D eigenvalue weighted by atomic mass is 9.65. The summed E-state index contributed by atoms with van der Waals surface area (Å²) in [6.45, 7) is 12.6. The third-order valence-electron chi connectivity index (χ3n) is 6.43.